The summed E-state index contributed by atoms with van der Waals surface area (Å²) in [5.41, 5.74) is -1.50. The molecule has 0 aliphatic carbocycles. The third-order valence-electron chi connectivity index (χ3n) is 4.08. The van der Waals surface area contributed by atoms with Gasteiger partial charge in [0.1, 0.15) is 0 Å². The second-order valence-electron chi connectivity index (χ2n) is 5.94. The molecule has 3 rings (SSSR count). The number of hydrogen-bond donors (Lipinski definition) is 0. The molecule has 136 valence electrons. The van der Waals surface area contributed by atoms with Crippen molar-refractivity contribution in [3.8, 4) is 0 Å². The number of hydrogen-bond acceptors (Lipinski definition) is 6. The number of ether oxygens (including phenoxy) is 2. The van der Waals surface area contributed by atoms with Gasteiger partial charge >= 0.3 is 5.97 Å². The highest BCUT2D eigenvalue weighted by Gasteiger charge is 2.54. The van der Waals surface area contributed by atoms with Crippen molar-refractivity contribution in [2.24, 2.45) is 0 Å². The van der Waals surface area contributed by atoms with Crippen LogP contribution in [-0.2, 0) is 34.3 Å². The maximum Gasteiger partial charge on any atom is 0.308 e. The molecule has 0 saturated carbocycles. The number of halogens is 2. The van der Waals surface area contributed by atoms with Crippen LogP contribution in [0.4, 0.5) is 0 Å². The second kappa shape index (κ2) is 6.41. The Bertz CT molecular complexity index is 877. The fourth-order valence-corrected chi connectivity index (χ4v) is 3.29. The molecule has 1 aromatic rings. The molecule has 1 fully saturated rings. The number of ketones is 1. The van der Waals surface area contributed by atoms with Crippen molar-refractivity contribution in [3.05, 3.63) is 45.5 Å². The van der Waals surface area contributed by atoms with Crippen LogP contribution in [0.2, 0.25) is 10.0 Å². The Morgan fingerprint density at radius 2 is 1.81 bits per heavy atom. The smallest absolute Gasteiger partial charge is 0.308 e. The molecule has 1 saturated heterocycles. The molecule has 26 heavy (non-hydrogen) atoms. The van der Waals surface area contributed by atoms with Gasteiger partial charge in [0.25, 0.3) is 11.7 Å². The zero-order valence-corrected chi connectivity index (χ0v) is 15.3. The first-order valence-corrected chi connectivity index (χ1v) is 8.38. The molecule has 2 aliphatic rings. The highest BCUT2D eigenvalue weighted by Crippen LogP contribution is 2.44. The predicted molar refractivity (Wildman–Crippen MR) is 89.8 cm³/mol. The van der Waals surface area contributed by atoms with Gasteiger partial charge < -0.3 is 9.47 Å². The number of esters is 1. The molecule has 0 radical (unpaired) electrons. The predicted octanol–water partition coefficient (Wildman–Crippen LogP) is 2.69. The lowest BCUT2D eigenvalue weighted by Crippen LogP contribution is -2.34. The van der Waals surface area contributed by atoms with Crippen LogP contribution in [0.15, 0.2) is 29.8 Å². The van der Waals surface area contributed by atoms with Gasteiger partial charge in [-0.05, 0) is 25.1 Å². The summed E-state index contributed by atoms with van der Waals surface area (Å²) in [6, 6.07) is 4.45. The third-order valence-corrected chi connectivity index (χ3v) is 4.64. The van der Waals surface area contributed by atoms with Gasteiger partial charge in [-0.2, -0.15) is 0 Å². The summed E-state index contributed by atoms with van der Waals surface area (Å²) in [4.78, 5) is 49.3. The van der Waals surface area contributed by atoms with Crippen LogP contribution in [0, 0.1) is 0 Å². The number of carbonyl (C=O) groups is 4. The van der Waals surface area contributed by atoms with Crippen molar-refractivity contribution in [2.75, 3.05) is 0 Å². The van der Waals surface area contributed by atoms with E-state index in [2.05, 4.69) is 0 Å². The lowest BCUT2D eigenvalue weighted by Gasteiger charge is -2.26. The highest BCUT2D eigenvalue weighted by molar-refractivity contribution is 6.34. The number of nitrogens with zero attached hydrogens (tertiary/aromatic N) is 1. The first-order valence-electron chi connectivity index (χ1n) is 7.63. The van der Waals surface area contributed by atoms with Gasteiger partial charge in [0, 0.05) is 35.4 Å². The summed E-state index contributed by atoms with van der Waals surface area (Å²) in [5.74, 6) is -3.57. The van der Waals surface area contributed by atoms with Gasteiger partial charge in [-0.1, -0.05) is 23.2 Å². The zero-order chi connectivity index (χ0) is 19.2. The van der Waals surface area contributed by atoms with E-state index >= 15 is 0 Å². The fraction of sp³-hybridized carbons (Fsp3) is 0.294. The normalized spacial score (nSPS) is 22.9. The lowest BCUT2D eigenvalue weighted by atomic mass is 9.91. The van der Waals surface area contributed by atoms with Crippen molar-refractivity contribution in [1.29, 1.82) is 0 Å². The molecule has 0 spiro atoms. The average Bonchev–Trinajstić information content (AvgIpc) is 3.01. The summed E-state index contributed by atoms with van der Waals surface area (Å²) in [7, 11) is 0. The molecule has 0 N–H and O–H groups in total. The van der Waals surface area contributed by atoms with E-state index in [1.165, 1.54) is 25.1 Å². The molecule has 1 aromatic carbocycles. The Kier molecular flexibility index (Phi) is 4.54. The maximum atomic E-state index is 13.0. The van der Waals surface area contributed by atoms with Crippen LogP contribution in [0.3, 0.4) is 0 Å². The van der Waals surface area contributed by atoms with Crippen LogP contribution in [-0.4, -0.2) is 28.5 Å². The highest BCUT2D eigenvalue weighted by atomic mass is 35.5. The quantitative estimate of drug-likeness (QED) is 0.575. The maximum absolute atomic E-state index is 13.0. The van der Waals surface area contributed by atoms with Gasteiger partial charge in [-0.15, -0.1) is 0 Å². The van der Waals surface area contributed by atoms with Crippen LogP contribution < -0.4 is 0 Å². The number of Topliss-reactive ketones (excluding diaryl/α,β-unsaturated/α-hetero) is 1. The summed E-state index contributed by atoms with van der Waals surface area (Å²) in [5, 5.41) is 0.491. The van der Waals surface area contributed by atoms with Gasteiger partial charge in [-0.3, -0.25) is 19.2 Å². The minimum Gasteiger partial charge on any atom is -0.456 e. The van der Waals surface area contributed by atoms with Crippen LogP contribution in [0.1, 0.15) is 32.3 Å². The molecular formula is C17H13Cl2NO6. The van der Waals surface area contributed by atoms with Gasteiger partial charge in [-0.25, -0.2) is 4.90 Å². The van der Waals surface area contributed by atoms with Crippen molar-refractivity contribution < 1.29 is 28.7 Å². The van der Waals surface area contributed by atoms with Crippen LogP contribution in [0.25, 0.3) is 0 Å². The molecule has 0 bridgehead atoms. The van der Waals surface area contributed by atoms with E-state index in [9.17, 15) is 19.2 Å². The summed E-state index contributed by atoms with van der Waals surface area (Å²) >= 11 is 12.2. The van der Waals surface area contributed by atoms with Crippen molar-refractivity contribution in [3.63, 3.8) is 0 Å². The Labute approximate surface area is 158 Å². The number of rotatable bonds is 3. The standard InChI is InChI=1S/C17H13Cl2NO6/c1-8(21)25-14-15(24)17(2,10-7-9(18)3-4-11(10)19)26-16(14)20-12(22)5-6-13(20)23/h3-4,7H,5-6H2,1-2H3. The summed E-state index contributed by atoms with van der Waals surface area (Å²) < 4.78 is 10.7. The molecule has 7 nitrogen and oxygen atoms in total. The summed E-state index contributed by atoms with van der Waals surface area (Å²) in [6.07, 6.45) is -0.0518. The Hall–Kier alpha value is -2.38. The van der Waals surface area contributed by atoms with Crippen LogP contribution in [0.5, 0.6) is 0 Å². The zero-order valence-electron chi connectivity index (χ0n) is 13.8. The Morgan fingerprint density at radius 3 is 2.38 bits per heavy atom. The minimum absolute atomic E-state index is 0.0259. The van der Waals surface area contributed by atoms with Crippen molar-refractivity contribution in [1.82, 2.24) is 4.90 Å². The lowest BCUT2D eigenvalue weighted by molar-refractivity contribution is -0.144. The molecular weight excluding hydrogens is 385 g/mol. The number of benzene rings is 1. The van der Waals surface area contributed by atoms with Crippen molar-refractivity contribution in [2.45, 2.75) is 32.3 Å². The largest absolute Gasteiger partial charge is 0.456 e. The Balaban J connectivity index is 2.13. The molecule has 1 atom stereocenters. The van der Waals surface area contributed by atoms with E-state index in [0.29, 0.717) is 5.02 Å². The summed E-state index contributed by atoms with van der Waals surface area (Å²) in [6.45, 7) is 2.49. The van der Waals surface area contributed by atoms with Gasteiger partial charge in [0.05, 0.1) is 0 Å². The second-order valence-corrected chi connectivity index (χ2v) is 6.78. The molecule has 0 aromatic heterocycles. The molecule has 1 unspecified atom stereocenters. The monoisotopic (exact) mass is 397 g/mol. The third kappa shape index (κ3) is 2.87. The Morgan fingerprint density at radius 1 is 1.19 bits per heavy atom. The topological polar surface area (TPSA) is 90.0 Å². The fourth-order valence-electron chi connectivity index (χ4n) is 2.82. The number of amides is 2. The SMILES string of the molecule is CC(=O)OC1=C(N2C(=O)CCC2=O)OC(C)(c2cc(Cl)ccc2Cl)C1=O. The first-order chi connectivity index (χ1) is 12.1. The number of imide groups is 1. The van der Waals surface area contributed by atoms with E-state index in [1.54, 1.807) is 0 Å². The van der Waals surface area contributed by atoms with Gasteiger partial charge in [0.15, 0.2) is 0 Å². The average molecular weight is 398 g/mol. The minimum atomic E-state index is -1.72. The van der Waals surface area contributed by atoms with Gasteiger partial charge in [0.2, 0.25) is 23.2 Å². The molecule has 2 amide bonds. The number of carbonyl (C=O) groups excluding carboxylic acids is 4. The first kappa shape index (κ1) is 18.4. The van der Waals surface area contributed by atoms with E-state index in [0.717, 1.165) is 11.8 Å². The van der Waals surface area contributed by atoms with E-state index in [1.807, 2.05) is 0 Å². The molecule has 9 heteroatoms. The van der Waals surface area contributed by atoms with E-state index in [-0.39, 0.29) is 23.4 Å². The molecule has 2 heterocycles. The van der Waals surface area contributed by atoms with E-state index in [4.69, 9.17) is 32.7 Å². The van der Waals surface area contributed by atoms with E-state index < -0.39 is 40.8 Å². The van der Waals surface area contributed by atoms with Crippen LogP contribution >= 0.6 is 23.2 Å². The molecule has 2 aliphatic heterocycles. The van der Waals surface area contributed by atoms with Crippen molar-refractivity contribution >= 4 is 46.8 Å². The number of likely N-dealkylation sites (tertiary alicyclic amines) is 1.